The van der Waals surface area contributed by atoms with Crippen LogP contribution in [-0.4, -0.2) is 21.9 Å². The number of urea groups is 1. The van der Waals surface area contributed by atoms with Crippen molar-refractivity contribution >= 4 is 46.7 Å². The molecule has 0 atom stereocenters. The number of carbonyl (C=O) groups is 2. The van der Waals surface area contributed by atoms with Gasteiger partial charge in [0, 0.05) is 0 Å². The molecular formula is C13H8Cl3N3O3. The Bertz CT molecular complexity index is 797. The fraction of sp³-hybridized carbons (Fsp3) is 0. The molecule has 1 aromatic heterocycles. The summed E-state index contributed by atoms with van der Waals surface area (Å²) in [4.78, 5) is 27.2. The number of aromatic nitrogens is 1. The first kappa shape index (κ1) is 16.4. The Hall–Kier alpha value is -2.02. The summed E-state index contributed by atoms with van der Waals surface area (Å²) < 4.78 is 0.550. The molecule has 2 aromatic rings. The zero-order chi connectivity index (χ0) is 16.3. The predicted octanol–water partition coefficient (Wildman–Crippen LogP) is 3.14. The van der Waals surface area contributed by atoms with Gasteiger partial charge in [0.25, 0.3) is 5.91 Å². The minimum absolute atomic E-state index is 0.0395. The molecule has 22 heavy (non-hydrogen) atoms. The van der Waals surface area contributed by atoms with Crippen molar-refractivity contribution < 1.29 is 14.8 Å². The van der Waals surface area contributed by atoms with E-state index in [2.05, 4.69) is 4.99 Å². The third-order valence-electron chi connectivity index (χ3n) is 2.50. The first-order valence-electron chi connectivity index (χ1n) is 5.80. The molecule has 0 saturated heterocycles. The van der Waals surface area contributed by atoms with E-state index in [0.717, 1.165) is 6.20 Å². The highest BCUT2D eigenvalue weighted by molar-refractivity contribution is 6.40. The van der Waals surface area contributed by atoms with E-state index >= 15 is 0 Å². The first-order chi connectivity index (χ1) is 10.4. The van der Waals surface area contributed by atoms with Crippen LogP contribution in [0.5, 0.6) is 0 Å². The summed E-state index contributed by atoms with van der Waals surface area (Å²) in [5.41, 5.74) is -0.151. The molecule has 1 aromatic carbocycles. The Balaban J connectivity index is 2.24. The van der Waals surface area contributed by atoms with Gasteiger partial charge in [0.2, 0.25) is 0 Å². The van der Waals surface area contributed by atoms with Crippen LogP contribution in [0.1, 0.15) is 10.4 Å². The molecule has 6 nitrogen and oxygen atoms in total. The molecule has 0 spiro atoms. The predicted molar refractivity (Wildman–Crippen MR) is 81.5 cm³/mol. The molecule has 0 radical (unpaired) electrons. The Morgan fingerprint density at radius 1 is 1.09 bits per heavy atom. The van der Waals surface area contributed by atoms with E-state index in [-0.39, 0.29) is 26.1 Å². The van der Waals surface area contributed by atoms with Crippen LogP contribution >= 0.6 is 34.8 Å². The maximum Gasteiger partial charge on any atom is 0.349 e. The van der Waals surface area contributed by atoms with Gasteiger partial charge in [-0.05, 0) is 24.3 Å². The third kappa shape index (κ3) is 3.79. The van der Waals surface area contributed by atoms with E-state index in [0.29, 0.717) is 4.73 Å². The Morgan fingerprint density at radius 3 is 2.32 bits per heavy atom. The molecule has 0 fully saturated rings. The number of nitrogens with zero attached hydrogens (tertiary/aromatic N) is 2. The van der Waals surface area contributed by atoms with Gasteiger partial charge >= 0.3 is 6.03 Å². The molecule has 0 bridgehead atoms. The van der Waals surface area contributed by atoms with Crippen LogP contribution < -0.4 is 10.8 Å². The number of nitrogens with one attached hydrogen (secondary N) is 1. The maximum absolute atomic E-state index is 12.0. The van der Waals surface area contributed by atoms with Crippen LogP contribution in [0.25, 0.3) is 0 Å². The van der Waals surface area contributed by atoms with E-state index in [1.165, 1.54) is 24.3 Å². The van der Waals surface area contributed by atoms with Gasteiger partial charge in [-0.25, -0.2) is 4.79 Å². The van der Waals surface area contributed by atoms with Crippen LogP contribution in [0, 0.1) is 0 Å². The topological polar surface area (TPSA) is 83.7 Å². The van der Waals surface area contributed by atoms with E-state index < -0.39 is 11.9 Å². The molecule has 0 aliphatic heterocycles. The van der Waals surface area contributed by atoms with Crippen molar-refractivity contribution in [3.63, 3.8) is 0 Å². The van der Waals surface area contributed by atoms with E-state index in [1.807, 2.05) is 5.32 Å². The van der Waals surface area contributed by atoms with E-state index in [9.17, 15) is 14.8 Å². The summed E-state index contributed by atoms with van der Waals surface area (Å²) in [7, 11) is 0. The summed E-state index contributed by atoms with van der Waals surface area (Å²) >= 11 is 17.4. The SMILES string of the molecule is O=C(N=c1ccc(Cl)cn1O)NC(=O)c1c(Cl)cccc1Cl. The van der Waals surface area contributed by atoms with Gasteiger partial charge in [-0.3, -0.25) is 10.1 Å². The van der Waals surface area contributed by atoms with Crippen molar-refractivity contribution in [2.75, 3.05) is 0 Å². The van der Waals surface area contributed by atoms with Crippen molar-refractivity contribution in [3.8, 4) is 0 Å². The van der Waals surface area contributed by atoms with E-state index in [1.54, 1.807) is 6.07 Å². The molecule has 0 saturated carbocycles. The summed E-state index contributed by atoms with van der Waals surface area (Å²) in [5, 5.41) is 12.0. The second-order valence-electron chi connectivity index (χ2n) is 4.02. The summed E-state index contributed by atoms with van der Waals surface area (Å²) in [6, 6.07) is 6.22. The van der Waals surface area contributed by atoms with Crippen LogP contribution in [0.3, 0.4) is 0 Å². The highest BCUT2D eigenvalue weighted by Gasteiger charge is 2.16. The summed E-state index contributed by atoms with van der Waals surface area (Å²) in [6.45, 7) is 0. The van der Waals surface area contributed by atoms with Crippen molar-refractivity contribution in [3.05, 3.63) is 62.6 Å². The molecular weight excluding hydrogens is 353 g/mol. The van der Waals surface area contributed by atoms with Crippen molar-refractivity contribution in [1.29, 1.82) is 0 Å². The number of hydrogen-bond acceptors (Lipinski definition) is 3. The molecule has 3 amide bonds. The Kier molecular flexibility index (Phi) is 5.07. The van der Waals surface area contributed by atoms with Gasteiger partial charge in [0.15, 0.2) is 5.49 Å². The highest BCUT2D eigenvalue weighted by Crippen LogP contribution is 2.23. The van der Waals surface area contributed by atoms with Gasteiger partial charge < -0.3 is 5.21 Å². The standard InChI is InChI=1S/C13H8Cl3N3O3/c14-7-4-5-10(19(22)6-7)17-13(21)18-12(20)11-8(15)2-1-3-9(11)16/h1-6,22H,(H,18,20,21). The zero-order valence-electron chi connectivity index (χ0n) is 10.8. The number of hydrogen-bond donors (Lipinski definition) is 2. The molecule has 0 aliphatic carbocycles. The lowest BCUT2D eigenvalue weighted by Gasteiger charge is -2.05. The normalized spacial score (nSPS) is 11.3. The number of rotatable bonds is 1. The Labute approximate surface area is 139 Å². The molecule has 0 aliphatic rings. The lowest BCUT2D eigenvalue weighted by Crippen LogP contribution is -2.31. The van der Waals surface area contributed by atoms with Crippen LogP contribution in [0.4, 0.5) is 4.79 Å². The fourth-order valence-corrected chi connectivity index (χ4v) is 2.28. The van der Waals surface area contributed by atoms with Crippen molar-refractivity contribution in [2.45, 2.75) is 0 Å². The van der Waals surface area contributed by atoms with Crippen LogP contribution in [0.15, 0.2) is 41.5 Å². The second kappa shape index (κ2) is 6.83. The largest absolute Gasteiger partial charge is 0.427 e. The molecule has 1 heterocycles. The summed E-state index contributed by atoms with van der Waals surface area (Å²) in [6.07, 6.45) is 1.14. The average Bonchev–Trinajstić information content (AvgIpc) is 2.41. The number of carbonyl (C=O) groups excluding carboxylic acids is 2. The average molecular weight is 361 g/mol. The number of imide groups is 1. The molecule has 0 unspecified atom stereocenters. The maximum atomic E-state index is 12.0. The fourth-order valence-electron chi connectivity index (χ4n) is 1.55. The zero-order valence-corrected chi connectivity index (χ0v) is 13.0. The molecule has 2 N–H and O–H groups in total. The molecule has 114 valence electrons. The van der Waals surface area contributed by atoms with Crippen LogP contribution in [-0.2, 0) is 0 Å². The second-order valence-corrected chi connectivity index (χ2v) is 5.27. The summed E-state index contributed by atoms with van der Waals surface area (Å²) in [5.74, 6) is -0.803. The van der Waals surface area contributed by atoms with Crippen LogP contribution in [0.2, 0.25) is 15.1 Å². The number of pyridine rings is 1. The van der Waals surface area contributed by atoms with Crippen molar-refractivity contribution in [2.24, 2.45) is 4.99 Å². The molecule has 9 heteroatoms. The highest BCUT2D eigenvalue weighted by atomic mass is 35.5. The first-order valence-corrected chi connectivity index (χ1v) is 6.93. The number of benzene rings is 1. The molecule has 2 rings (SSSR count). The van der Waals surface area contributed by atoms with E-state index in [4.69, 9.17) is 34.8 Å². The smallest absolute Gasteiger partial charge is 0.349 e. The minimum atomic E-state index is -0.994. The Morgan fingerprint density at radius 2 is 1.73 bits per heavy atom. The van der Waals surface area contributed by atoms with Crippen molar-refractivity contribution in [1.82, 2.24) is 10.0 Å². The monoisotopic (exact) mass is 359 g/mol. The minimum Gasteiger partial charge on any atom is -0.427 e. The number of halogens is 3. The number of amides is 3. The third-order valence-corrected chi connectivity index (χ3v) is 3.35. The van der Waals surface area contributed by atoms with Gasteiger partial charge in [-0.15, -0.1) is 0 Å². The lowest BCUT2D eigenvalue weighted by atomic mass is 10.2. The van der Waals surface area contributed by atoms with Gasteiger partial charge in [-0.1, -0.05) is 40.9 Å². The quantitative estimate of drug-likeness (QED) is 0.766. The lowest BCUT2D eigenvalue weighted by molar-refractivity contribution is 0.0965. The van der Waals surface area contributed by atoms with Gasteiger partial charge in [0.05, 0.1) is 26.8 Å². The van der Waals surface area contributed by atoms with Gasteiger partial charge in [0.1, 0.15) is 0 Å². The van der Waals surface area contributed by atoms with Gasteiger partial charge in [-0.2, -0.15) is 9.72 Å².